The molecule has 2 aromatic heterocycles. The van der Waals surface area contributed by atoms with Crippen LogP contribution >= 0.6 is 11.3 Å². The molecule has 1 amide bonds. The van der Waals surface area contributed by atoms with Gasteiger partial charge in [0.2, 0.25) is 0 Å². The van der Waals surface area contributed by atoms with Crippen LogP contribution < -0.4 is 0 Å². The first-order valence-electron chi connectivity index (χ1n) is 6.94. The van der Waals surface area contributed by atoms with Crippen molar-refractivity contribution in [2.75, 3.05) is 13.1 Å². The molecule has 1 unspecified atom stereocenters. The van der Waals surface area contributed by atoms with E-state index in [0.717, 1.165) is 5.76 Å². The number of carbonyl (C=O) groups is 2. The fourth-order valence-corrected chi connectivity index (χ4v) is 3.26. The summed E-state index contributed by atoms with van der Waals surface area (Å²) in [5, 5.41) is 11.6. The number of aromatic nitrogens is 1. The van der Waals surface area contributed by atoms with Crippen LogP contribution in [-0.4, -0.2) is 40.0 Å². The Morgan fingerprint density at radius 1 is 1.45 bits per heavy atom. The van der Waals surface area contributed by atoms with Crippen LogP contribution in [0.1, 0.15) is 29.6 Å². The molecular weight excluding hydrogens is 304 g/mol. The predicted molar refractivity (Wildman–Crippen MR) is 80.8 cm³/mol. The van der Waals surface area contributed by atoms with E-state index in [-0.39, 0.29) is 12.5 Å². The molecule has 0 aromatic carbocycles. The molecule has 1 fully saturated rings. The molecule has 0 spiro atoms. The zero-order chi connectivity index (χ0) is 15.9. The summed E-state index contributed by atoms with van der Waals surface area (Å²) in [4.78, 5) is 29.6. The van der Waals surface area contributed by atoms with Gasteiger partial charge in [-0.1, -0.05) is 0 Å². The molecule has 1 saturated heterocycles. The Hall–Kier alpha value is -2.15. The summed E-state index contributed by atoms with van der Waals surface area (Å²) in [7, 11) is 0. The number of aliphatic carboxylic acids is 1. The number of aryl methyl sites for hydroxylation is 1. The highest BCUT2D eigenvalue weighted by atomic mass is 32.1. The van der Waals surface area contributed by atoms with Gasteiger partial charge < -0.3 is 14.4 Å². The lowest BCUT2D eigenvalue weighted by Gasteiger charge is -2.19. The van der Waals surface area contributed by atoms with E-state index >= 15 is 0 Å². The minimum atomic E-state index is -0.868. The van der Waals surface area contributed by atoms with E-state index in [9.17, 15) is 14.7 Å². The quantitative estimate of drug-likeness (QED) is 0.940. The van der Waals surface area contributed by atoms with E-state index in [1.807, 2.05) is 19.1 Å². The zero-order valence-corrected chi connectivity index (χ0v) is 13.1. The summed E-state index contributed by atoms with van der Waals surface area (Å²) in [5.41, 5.74) is -0.532. The van der Waals surface area contributed by atoms with Gasteiger partial charge >= 0.3 is 5.97 Å². The van der Waals surface area contributed by atoms with Crippen molar-refractivity contribution in [3.05, 3.63) is 29.0 Å². The maximum absolute atomic E-state index is 12.5. The number of hydrogen-bond donors (Lipinski definition) is 1. The van der Waals surface area contributed by atoms with E-state index in [2.05, 4.69) is 4.98 Å². The summed E-state index contributed by atoms with van der Waals surface area (Å²) in [6, 6.07) is 3.66. The summed E-state index contributed by atoms with van der Waals surface area (Å²) in [5.74, 6) is 0.330. The average Bonchev–Trinajstić information content (AvgIpc) is 3.17. The molecule has 1 aliphatic heterocycles. The molecule has 1 atom stereocenters. The third-order valence-corrected chi connectivity index (χ3v) is 4.81. The normalized spacial score (nSPS) is 21.3. The fraction of sp³-hybridized carbons (Fsp3) is 0.400. The van der Waals surface area contributed by atoms with Crippen LogP contribution in [0.5, 0.6) is 0 Å². The first kappa shape index (κ1) is 14.8. The van der Waals surface area contributed by atoms with Gasteiger partial charge in [-0.2, -0.15) is 0 Å². The minimum absolute atomic E-state index is 0.216. The highest BCUT2D eigenvalue weighted by Gasteiger charge is 2.42. The average molecular weight is 320 g/mol. The maximum Gasteiger partial charge on any atom is 0.311 e. The van der Waals surface area contributed by atoms with E-state index in [1.165, 1.54) is 11.3 Å². The Labute approximate surface area is 131 Å². The lowest BCUT2D eigenvalue weighted by molar-refractivity contribution is -0.147. The van der Waals surface area contributed by atoms with Gasteiger partial charge in [-0.25, -0.2) is 4.98 Å². The number of likely N-dealkylation sites (tertiary alicyclic amines) is 1. The summed E-state index contributed by atoms with van der Waals surface area (Å²) >= 11 is 1.34. The van der Waals surface area contributed by atoms with E-state index in [0.29, 0.717) is 29.4 Å². The van der Waals surface area contributed by atoms with Crippen molar-refractivity contribution in [3.8, 4) is 10.8 Å². The second-order valence-corrected chi connectivity index (χ2v) is 6.65. The lowest BCUT2D eigenvalue weighted by Crippen LogP contribution is -2.35. The monoisotopic (exact) mass is 320 g/mol. The van der Waals surface area contributed by atoms with E-state index in [4.69, 9.17) is 4.42 Å². The molecule has 0 saturated carbocycles. The third-order valence-electron chi connectivity index (χ3n) is 3.95. The summed E-state index contributed by atoms with van der Waals surface area (Å²) in [6.45, 7) is 4.17. The molecule has 3 heterocycles. The summed E-state index contributed by atoms with van der Waals surface area (Å²) < 4.78 is 5.50. The van der Waals surface area contributed by atoms with Crippen LogP contribution in [0.3, 0.4) is 0 Å². The minimum Gasteiger partial charge on any atom is -0.481 e. The van der Waals surface area contributed by atoms with Crippen LogP contribution in [-0.2, 0) is 4.79 Å². The van der Waals surface area contributed by atoms with Crippen LogP contribution in [0.2, 0.25) is 0 Å². The van der Waals surface area contributed by atoms with Gasteiger partial charge in [0.05, 0.1) is 5.41 Å². The van der Waals surface area contributed by atoms with Crippen molar-refractivity contribution in [2.24, 2.45) is 5.41 Å². The number of furan rings is 1. The number of rotatable bonds is 3. The van der Waals surface area contributed by atoms with Crippen molar-refractivity contribution in [1.82, 2.24) is 9.88 Å². The molecule has 0 aliphatic carbocycles. The standard InChI is InChI=1S/C15H16N2O4S/c1-9-3-4-11(21-9)12-16-10(7-22-12)13(18)17-6-5-15(2,8-17)14(19)20/h3-4,7H,5-6,8H2,1-2H3,(H,19,20). The van der Waals surface area contributed by atoms with E-state index < -0.39 is 11.4 Å². The molecule has 6 nitrogen and oxygen atoms in total. The number of carboxylic acids is 1. The molecule has 1 N–H and O–H groups in total. The molecule has 1 aliphatic rings. The van der Waals surface area contributed by atoms with Crippen LogP contribution in [0.4, 0.5) is 0 Å². The van der Waals surface area contributed by atoms with Crippen molar-refractivity contribution >= 4 is 23.2 Å². The van der Waals surface area contributed by atoms with Gasteiger partial charge in [-0.3, -0.25) is 9.59 Å². The Bertz CT molecular complexity index is 735. The van der Waals surface area contributed by atoms with Crippen LogP contribution in [0.25, 0.3) is 10.8 Å². The topological polar surface area (TPSA) is 83.6 Å². The third kappa shape index (κ3) is 2.52. The molecule has 0 radical (unpaired) electrons. The Morgan fingerprint density at radius 2 is 2.23 bits per heavy atom. The van der Waals surface area contributed by atoms with Crippen molar-refractivity contribution in [2.45, 2.75) is 20.3 Å². The number of carbonyl (C=O) groups excluding carboxylic acids is 1. The van der Waals surface area contributed by atoms with Crippen LogP contribution in [0, 0.1) is 12.3 Å². The highest BCUT2D eigenvalue weighted by molar-refractivity contribution is 7.13. The first-order valence-corrected chi connectivity index (χ1v) is 7.82. The second kappa shape index (κ2) is 5.24. The zero-order valence-electron chi connectivity index (χ0n) is 12.3. The van der Waals surface area contributed by atoms with Gasteiger partial charge in [0, 0.05) is 18.5 Å². The van der Waals surface area contributed by atoms with Crippen molar-refractivity contribution in [1.29, 1.82) is 0 Å². The number of amides is 1. The fourth-order valence-electron chi connectivity index (χ4n) is 2.51. The predicted octanol–water partition coefficient (Wildman–Crippen LogP) is 2.65. The van der Waals surface area contributed by atoms with Gasteiger partial charge in [0.1, 0.15) is 11.5 Å². The van der Waals surface area contributed by atoms with Crippen molar-refractivity contribution in [3.63, 3.8) is 0 Å². The highest BCUT2D eigenvalue weighted by Crippen LogP contribution is 2.32. The van der Waals surface area contributed by atoms with Crippen molar-refractivity contribution < 1.29 is 19.1 Å². The first-order chi connectivity index (χ1) is 10.4. The Kier molecular flexibility index (Phi) is 3.52. The van der Waals surface area contributed by atoms with Crippen LogP contribution in [0.15, 0.2) is 21.9 Å². The Morgan fingerprint density at radius 3 is 2.82 bits per heavy atom. The summed E-state index contributed by atoms with van der Waals surface area (Å²) in [6.07, 6.45) is 0.461. The number of nitrogens with zero attached hydrogens (tertiary/aromatic N) is 2. The van der Waals surface area contributed by atoms with Gasteiger partial charge in [-0.05, 0) is 32.4 Å². The second-order valence-electron chi connectivity index (χ2n) is 5.79. The molecular formula is C15H16N2O4S. The molecule has 3 rings (SSSR count). The molecule has 22 heavy (non-hydrogen) atoms. The van der Waals surface area contributed by atoms with Gasteiger partial charge in [0.25, 0.3) is 5.91 Å². The Balaban J connectivity index is 1.77. The van der Waals surface area contributed by atoms with Gasteiger partial charge in [-0.15, -0.1) is 11.3 Å². The number of thiazole rings is 1. The van der Waals surface area contributed by atoms with E-state index in [1.54, 1.807) is 17.2 Å². The molecule has 116 valence electrons. The smallest absolute Gasteiger partial charge is 0.311 e. The maximum atomic E-state index is 12.5. The number of carboxylic acid groups (broad SMARTS) is 1. The largest absolute Gasteiger partial charge is 0.481 e. The SMILES string of the molecule is Cc1ccc(-c2nc(C(=O)N3CCC(C)(C(=O)O)C3)cs2)o1. The lowest BCUT2D eigenvalue weighted by atomic mass is 9.90. The molecule has 2 aromatic rings. The van der Waals surface area contributed by atoms with Gasteiger partial charge in [0.15, 0.2) is 10.8 Å². The number of hydrogen-bond acceptors (Lipinski definition) is 5. The molecule has 7 heteroatoms. The molecule has 0 bridgehead atoms.